The zero-order valence-electron chi connectivity index (χ0n) is 15.9. The SMILES string of the molecule is O=C(CSc1nnnn1-c1ccccc1)Nc1ccc(CN2CCOCC2)cc1. The average Bonchev–Trinajstić information content (AvgIpc) is 3.24. The van der Waals surface area contributed by atoms with Crippen molar-refractivity contribution in [1.82, 2.24) is 25.1 Å². The summed E-state index contributed by atoms with van der Waals surface area (Å²) in [6, 6.07) is 17.6. The summed E-state index contributed by atoms with van der Waals surface area (Å²) in [5, 5.41) is 15.2. The van der Waals surface area contributed by atoms with E-state index in [1.165, 1.54) is 17.3 Å². The van der Waals surface area contributed by atoms with E-state index in [4.69, 9.17) is 4.74 Å². The Morgan fingerprint density at radius 1 is 1.07 bits per heavy atom. The predicted molar refractivity (Wildman–Crippen MR) is 111 cm³/mol. The van der Waals surface area contributed by atoms with Crippen molar-refractivity contribution in [3.63, 3.8) is 0 Å². The first-order valence-corrected chi connectivity index (χ1v) is 10.4. The topological polar surface area (TPSA) is 85.2 Å². The first kappa shape index (κ1) is 19.6. The van der Waals surface area contributed by atoms with Gasteiger partial charge in [0, 0.05) is 25.3 Å². The number of thioether (sulfide) groups is 1. The third kappa shape index (κ3) is 5.41. The van der Waals surface area contributed by atoms with Crippen LogP contribution in [0.5, 0.6) is 0 Å². The van der Waals surface area contributed by atoms with E-state index in [-0.39, 0.29) is 11.7 Å². The molecule has 1 aliphatic rings. The van der Waals surface area contributed by atoms with Gasteiger partial charge >= 0.3 is 0 Å². The lowest BCUT2D eigenvalue weighted by molar-refractivity contribution is -0.113. The third-order valence-electron chi connectivity index (χ3n) is 4.52. The lowest BCUT2D eigenvalue weighted by atomic mass is 10.2. The molecule has 29 heavy (non-hydrogen) atoms. The number of amides is 1. The fourth-order valence-electron chi connectivity index (χ4n) is 3.04. The molecule has 9 heteroatoms. The van der Waals surface area contributed by atoms with Crippen LogP contribution in [-0.4, -0.2) is 63.1 Å². The highest BCUT2D eigenvalue weighted by atomic mass is 32.2. The van der Waals surface area contributed by atoms with Crippen LogP contribution >= 0.6 is 11.8 Å². The Morgan fingerprint density at radius 3 is 2.59 bits per heavy atom. The van der Waals surface area contributed by atoms with E-state index >= 15 is 0 Å². The standard InChI is InChI=1S/C20H22N6O2S/c27-19(15-29-20-22-23-24-26(20)18-4-2-1-3-5-18)21-17-8-6-16(7-9-17)14-25-10-12-28-13-11-25/h1-9H,10-15H2,(H,21,27). The minimum absolute atomic E-state index is 0.0986. The molecule has 1 amide bonds. The number of carbonyl (C=O) groups excluding carboxylic acids is 1. The van der Waals surface area contributed by atoms with Gasteiger partial charge in [-0.15, -0.1) is 5.10 Å². The summed E-state index contributed by atoms with van der Waals surface area (Å²) >= 11 is 1.30. The van der Waals surface area contributed by atoms with Gasteiger partial charge in [0.1, 0.15) is 0 Å². The summed E-state index contributed by atoms with van der Waals surface area (Å²) < 4.78 is 7.00. The first-order chi connectivity index (χ1) is 14.3. The minimum atomic E-state index is -0.0986. The zero-order chi connectivity index (χ0) is 19.9. The number of ether oxygens (including phenoxy) is 1. The van der Waals surface area contributed by atoms with E-state index in [0.29, 0.717) is 5.16 Å². The first-order valence-electron chi connectivity index (χ1n) is 9.43. The van der Waals surface area contributed by atoms with E-state index in [2.05, 4.69) is 25.7 Å². The number of tetrazole rings is 1. The Bertz CT molecular complexity index is 926. The molecule has 1 aliphatic heterocycles. The summed E-state index contributed by atoms with van der Waals surface area (Å²) in [5.41, 5.74) is 2.86. The number of nitrogens with one attached hydrogen (secondary N) is 1. The summed E-state index contributed by atoms with van der Waals surface area (Å²) in [6.07, 6.45) is 0. The van der Waals surface area contributed by atoms with E-state index < -0.39 is 0 Å². The van der Waals surface area contributed by atoms with Gasteiger partial charge < -0.3 is 10.1 Å². The van der Waals surface area contributed by atoms with Crippen LogP contribution in [0.15, 0.2) is 59.8 Å². The molecule has 1 fully saturated rings. The van der Waals surface area contributed by atoms with E-state index in [0.717, 1.165) is 44.2 Å². The molecule has 3 aromatic rings. The highest BCUT2D eigenvalue weighted by molar-refractivity contribution is 7.99. The van der Waals surface area contributed by atoms with Gasteiger partial charge in [-0.05, 0) is 40.3 Å². The number of hydrogen-bond acceptors (Lipinski definition) is 7. The highest BCUT2D eigenvalue weighted by Gasteiger charge is 2.13. The Hall–Kier alpha value is -2.75. The molecule has 0 bridgehead atoms. The fourth-order valence-corrected chi connectivity index (χ4v) is 3.73. The second-order valence-corrected chi connectivity index (χ2v) is 7.57. The van der Waals surface area contributed by atoms with Crippen LogP contribution in [0.3, 0.4) is 0 Å². The van der Waals surface area contributed by atoms with Crippen molar-refractivity contribution in [3.05, 3.63) is 60.2 Å². The van der Waals surface area contributed by atoms with Crippen molar-refractivity contribution in [3.8, 4) is 5.69 Å². The van der Waals surface area contributed by atoms with E-state index in [1.807, 2.05) is 54.6 Å². The van der Waals surface area contributed by atoms with Crippen LogP contribution < -0.4 is 5.32 Å². The van der Waals surface area contributed by atoms with Crippen molar-refractivity contribution in [2.24, 2.45) is 0 Å². The van der Waals surface area contributed by atoms with E-state index in [9.17, 15) is 4.79 Å². The average molecular weight is 411 g/mol. The van der Waals surface area contributed by atoms with Crippen LogP contribution in [0.1, 0.15) is 5.56 Å². The summed E-state index contributed by atoms with van der Waals surface area (Å²) in [6.45, 7) is 4.39. The largest absolute Gasteiger partial charge is 0.379 e. The predicted octanol–water partition coefficient (Wildman–Crippen LogP) is 2.23. The molecular formula is C20H22N6O2S. The van der Waals surface area contributed by atoms with Crippen molar-refractivity contribution >= 4 is 23.4 Å². The monoisotopic (exact) mass is 410 g/mol. The number of rotatable bonds is 7. The van der Waals surface area contributed by atoms with Gasteiger partial charge in [0.25, 0.3) is 0 Å². The molecule has 8 nitrogen and oxygen atoms in total. The molecule has 0 spiro atoms. The van der Waals surface area contributed by atoms with Crippen molar-refractivity contribution in [2.75, 3.05) is 37.4 Å². The quantitative estimate of drug-likeness (QED) is 0.598. The number of anilines is 1. The molecule has 2 heterocycles. The summed E-state index contributed by atoms with van der Waals surface area (Å²) in [4.78, 5) is 14.7. The highest BCUT2D eigenvalue weighted by Crippen LogP contribution is 2.19. The van der Waals surface area contributed by atoms with Gasteiger partial charge in [0.15, 0.2) is 0 Å². The molecule has 2 aromatic carbocycles. The molecule has 0 atom stereocenters. The second-order valence-electron chi connectivity index (χ2n) is 6.63. The Labute approximate surface area is 173 Å². The lowest BCUT2D eigenvalue weighted by Crippen LogP contribution is -2.35. The van der Waals surface area contributed by atoms with Crippen molar-refractivity contribution in [2.45, 2.75) is 11.7 Å². The maximum atomic E-state index is 12.3. The van der Waals surface area contributed by atoms with Gasteiger partial charge in [-0.1, -0.05) is 42.1 Å². The molecular weight excluding hydrogens is 388 g/mol. The van der Waals surface area contributed by atoms with Gasteiger partial charge in [0.2, 0.25) is 11.1 Å². The summed E-state index contributed by atoms with van der Waals surface area (Å²) in [5.74, 6) is 0.126. The third-order valence-corrected chi connectivity index (χ3v) is 5.44. The molecule has 4 rings (SSSR count). The smallest absolute Gasteiger partial charge is 0.234 e. The molecule has 0 radical (unpaired) electrons. The number of benzene rings is 2. The normalized spacial score (nSPS) is 14.6. The molecule has 1 saturated heterocycles. The van der Waals surface area contributed by atoms with Crippen LogP contribution in [0.2, 0.25) is 0 Å². The van der Waals surface area contributed by atoms with Crippen LogP contribution in [-0.2, 0) is 16.1 Å². The molecule has 0 unspecified atom stereocenters. The second kappa shape index (κ2) is 9.64. The zero-order valence-corrected chi connectivity index (χ0v) is 16.7. The number of para-hydroxylation sites is 1. The maximum Gasteiger partial charge on any atom is 0.234 e. The summed E-state index contributed by atoms with van der Waals surface area (Å²) in [7, 11) is 0. The fraction of sp³-hybridized carbons (Fsp3) is 0.300. The van der Waals surface area contributed by atoms with Crippen LogP contribution in [0.4, 0.5) is 5.69 Å². The number of aromatic nitrogens is 4. The lowest BCUT2D eigenvalue weighted by Gasteiger charge is -2.26. The molecule has 150 valence electrons. The molecule has 0 saturated carbocycles. The van der Waals surface area contributed by atoms with Crippen LogP contribution in [0.25, 0.3) is 5.69 Å². The molecule has 1 aromatic heterocycles. The van der Waals surface area contributed by atoms with Crippen LogP contribution in [0, 0.1) is 0 Å². The van der Waals surface area contributed by atoms with Gasteiger partial charge in [-0.3, -0.25) is 9.69 Å². The van der Waals surface area contributed by atoms with Crippen molar-refractivity contribution in [1.29, 1.82) is 0 Å². The van der Waals surface area contributed by atoms with E-state index in [1.54, 1.807) is 4.68 Å². The number of nitrogens with zero attached hydrogens (tertiary/aromatic N) is 5. The Kier molecular flexibility index (Phi) is 6.50. The Balaban J connectivity index is 1.28. The maximum absolute atomic E-state index is 12.3. The molecule has 1 N–H and O–H groups in total. The minimum Gasteiger partial charge on any atom is -0.379 e. The molecule has 0 aliphatic carbocycles. The van der Waals surface area contributed by atoms with Gasteiger partial charge in [0.05, 0.1) is 24.7 Å². The van der Waals surface area contributed by atoms with Gasteiger partial charge in [-0.25, -0.2) is 0 Å². The number of morpholine rings is 1. The number of carbonyl (C=O) groups is 1. The Morgan fingerprint density at radius 2 is 1.83 bits per heavy atom. The van der Waals surface area contributed by atoms with Crippen molar-refractivity contribution < 1.29 is 9.53 Å². The number of hydrogen-bond donors (Lipinski definition) is 1. The van der Waals surface area contributed by atoms with Gasteiger partial charge in [-0.2, -0.15) is 4.68 Å².